The van der Waals surface area contributed by atoms with Gasteiger partial charge in [-0.2, -0.15) is 5.10 Å². The van der Waals surface area contributed by atoms with Gasteiger partial charge >= 0.3 is 6.09 Å². The number of carbonyl (C=O) groups excluding carboxylic acids is 1. The molecule has 2 rings (SSSR count). The molecule has 0 saturated heterocycles. The first-order chi connectivity index (χ1) is 13.6. The van der Waals surface area contributed by atoms with Crippen molar-refractivity contribution in [1.29, 1.82) is 0 Å². The molecule has 0 aliphatic carbocycles. The Balaban J connectivity index is 2.26. The first-order valence-electron chi connectivity index (χ1n) is 10.1. The summed E-state index contributed by atoms with van der Waals surface area (Å²) in [6.45, 7) is 19.0. The molecule has 2 aromatic heterocycles. The number of aryl methyl sites for hydroxylation is 1. The van der Waals surface area contributed by atoms with Gasteiger partial charge in [-0.15, -0.1) is 16.4 Å². The maximum absolute atomic E-state index is 12.5. The number of alkyl carbamates (subject to hydrolysis) is 1. The van der Waals surface area contributed by atoms with E-state index in [2.05, 4.69) is 49.4 Å². The normalized spacial score (nSPS) is 14.1. The van der Waals surface area contributed by atoms with Crippen LogP contribution >= 0.6 is 22.9 Å². The van der Waals surface area contributed by atoms with Crippen LogP contribution in [0.15, 0.2) is 6.20 Å². The molecule has 0 unspecified atom stereocenters. The molecule has 168 valence electrons. The summed E-state index contributed by atoms with van der Waals surface area (Å²) >= 11 is 7.89. The van der Waals surface area contributed by atoms with Gasteiger partial charge in [0, 0.05) is 11.3 Å². The highest BCUT2D eigenvalue weighted by Crippen LogP contribution is 2.37. The van der Waals surface area contributed by atoms with Crippen molar-refractivity contribution < 1.29 is 14.0 Å². The Bertz CT molecular complexity index is 903. The van der Waals surface area contributed by atoms with E-state index in [0.717, 1.165) is 20.7 Å². The molecule has 6 nitrogen and oxygen atoms in total. The molecular formula is C21H34ClN3O3SSi. The first kappa shape index (κ1) is 25.0. The fourth-order valence-corrected chi connectivity index (χ4v) is 5.12. The number of rotatable bonds is 6. The van der Waals surface area contributed by atoms with Crippen LogP contribution in [0.4, 0.5) is 4.79 Å². The van der Waals surface area contributed by atoms with Gasteiger partial charge in [0.2, 0.25) is 0 Å². The summed E-state index contributed by atoms with van der Waals surface area (Å²) in [7, 11) is -1.97. The molecular weight excluding hydrogens is 438 g/mol. The molecule has 0 radical (unpaired) electrons. The highest BCUT2D eigenvalue weighted by Gasteiger charge is 2.38. The molecule has 1 N–H and O–H groups in total. The number of halogens is 1. The van der Waals surface area contributed by atoms with Crippen LogP contribution in [0.5, 0.6) is 0 Å². The quantitative estimate of drug-likeness (QED) is 0.514. The van der Waals surface area contributed by atoms with Crippen LogP contribution in [0, 0.1) is 6.92 Å². The number of nitrogens with one attached hydrogen (secondary N) is 1. The van der Waals surface area contributed by atoms with Gasteiger partial charge in [-0.25, -0.2) is 4.79 Å². The van der Waals surface area contributed by atoms with Crippen LogP contribution in [0.2, 0.25) is 23.2 Å². The largest absolute Gasteiger partial charge is 0.444 e. The number of aromatic nitrogens is 2. The van der Waals surface area contributed by atoms with Crippen molar-refractivity contribution in [2.45, 2.75) is 84.7 Å². The molecule has 1 atom stereocenters. The lowest BCUT2D eigenvalue weighted by Gasteiger charge is -2.37. The number of fused-ring (bicyclic) bond motifs is 1. The third-order valence-electron chi connectivity index (χ3n) is 5.36. The zero-order chi connectivity index (χ0) is 22.9. The van der Waals surface area contributed by atoms with E-state index >= 15 is 0 Å². The van der Waals surface area contributed by atoms with E-state index in [1.165, 1.54) is 0 Å². The fraction of sp³-hybridized carbons (Fsp3) is 0.667. The summed E-state index contributed by atoms with van der Waals surface area (Å²) in [6.07, 6.45) is 1.72. The van der Waals surface area contributed by atoms with E-state index in [1.54, 1.807) is 17.5 Å². The van der Waals surface area contributed by atoms with Crippen LogP contribution in [0.25, 0.3) is 10.2 Å². The van der Waals surface area contributed by atoms with Crippen LogP contribution in [0.1, 0.15) is 52.0 Å². The molecule has 0 fully saturated rings. The lowest BCUT2D eigenvalue weighted by atomic mass is 10.1. The van der Waals surface area contributed by atoms with Gasteiger partial charge in [-0.05, 0) is 51.4 Å². The summed E-state index contributed by atoms with van der Waals surface area (Å²) < 4.78 is 12.8. The van der Waals surface area contributed by atoms with Gasteiger partial charge in [-0.3, -0.25) is 0 Å². The summed E-state index contributed by atoms with van der Waals surface area (Å²) in [5.41, 5.74) is 1.28. The summed E-state index contributed by atoms with van der Waals surface area (Å²) in [5.74, 6) is 0. The van der Waals surface area contributed by atoms with Crippen molar-refractivity contribution in [3.05, 3.63) is 21.7 Å². The number of hydrogen-bond donors (Lipinski definition) is 1. The van der Waals surface area contributed by atoms with Crippen LogP contribution < -0.4 is 5.32 Å². The van der Waals surface area contributed by atoms with Crippen molar-refractivity contribution in [3.63, 3.8) is 0 Å². The predicted octanol–water partition coefficient (Wildman–Crippen LogP) is 6.11. The Labute approximate surface area is 189 Å². The van der Waals surface area contributed by atoms with Crippen LogP contribution in [-0.4, -0.2) is 42.9 Å². The van der Waals surface area contributed by atoms with Gasteiger partial charge in [0.05, 0.1) is 28.6 Å². The fourth-order valence-electron chi connectivity index (χ4n) is 2.60. The average Bonchev–Trinajstić information content (AvgIpc) is 2.88. The highest BCUT2D eigenvalue weighted by molar-refractivity contribution is 7.19. The van der Waals surface area contributed by atoms with Crippen molar-refractivity contribution in [1.82, 2.24) is 15.5 Å². The minimum Gasteiger partial charge on any atom is -0.444 e. The van der Waals surface area contributed by atoms with E-state index < -0.39 is 20.0 Å². The number of carbonyl (C=O) groups is 1. The summed E-state index contributed by atoms with van der Waals surface area (Å²) in [5, 5.41) is 11.9. The zero-order valence-electron chi connectivity index (χ0n) is 19.5. The third-order valence-corrected chi connectivity index (χ3v) is 11.6. The molecule has 0 spiro atoms. The maximum Gasteiger partial charge on any atom is 0.407 e. The molecule has 0 aliphatic rings. The summed E-state index contributed by atoms with van der Waals surface area (Å²) in [4.78, 5) is 13.6. The monoisotopic (exact) mass is 471 g/mol. The van der Waals surface area contributed by atoms with E-state index in [4.69, 9.17) is 20.8 Å². The number of hydrogen-bond acceptors (Lipinski definition) is 6. The average molecular weight is 472 g/mol. The minimum atomic E-state index is -1.97. The number of thiophene rings is 1. The van der Waals surface area contributed by atoms with E-state index in [1.807, 2.05) is 27.7 Å². The second-order valence-electron chi connectivity index (χ2n) is 10.1. The van der Waals surface area contributed by atoms with Gasteiger partial charge in [-0.1, -0.05) is 32.4 Å². The smallest absolute Gasteiger partial charge is 0.407 e. The Kier molecular flexibility index (Phi) is 7.60. The lowest BCUT2D eigenvalue weighted by molar-refractivity contribution is 0.0485. The Morgan fingerprint density at radius 3 is 2.43 bits per heavy atom. The first-order valence-corrected chi connectivity index (χ1v) is 14.2. The van der Waals surface area contributed by atoms with Gasteiger partial charge in [0.15, 0.2) is 8.32 Å². The van der Waals surface area contributed by atoms with Crippen molar-refractivity contribution >= 4 is 47.6 Å². The SMILES string of the molecule is Cc1c(C[C@H](CO[Si](C)(C)C(C)(C)C)NC(=O)OC(C)(C)C)sc2c(Cl)cnnc12. The molecule has 0 aromatic carbocycles. The van der Waals surface area contributed by atoms with E-state index in [0.29, 0.717) is 18.1 Å². The molecule has 30 heavy (non-hydrogen) atoms. The predicted molar refractivity (Wildman–Crippen MR) is 127 cm³/mol. The maximum atomic E-state index is 12.5. The second kappa shape index (κ2) is 9.10. The Morgan fingerprint density at radius 2 is 1.90 bits per heavy atom. The van der Waals surface area contributed by atoms with Gasteiger partial charge in [0.1, 0.15) is 11.1 Å². The molecule has 1 amide bonds. The molecule has 0 saturated carbocycles. The Morgan fingerprint density at radius 1 is 1.27 bits per heavy atom. The Hall–Kier alpha value is -1.22. The zero-order valence-corrected chi connectivity index (χ0v) is 22.0. The van der Waals surface area contributed by atoms with Crippen molar-refractivity contribution in [3.8, 4) is 0 Å². The summed E-state index contributed by atoms with van der Waals surface area (Å²) in [6, 6.07) is -0.229. The molecule has 2 heterocycles. The molecule has 2 aromatic rings. The van der Waals surface area contributed by atoms with Crippen LogP contribution in [0.3, 0.4) is 0 Å². The molecule has 0 aliphatic heterocycles. The lowest BCUT2D eigenvalue weighted by Crippen LogP contribution is -2.48. The topological polar surface area (TPSA) is 73.3 Å². The number of amides is 1. The van der Waals surface area contributed by atoms with Gasteiger partial charge < -0.3 is 14.5 Å². The highest BCUT2D eigenvalue weighted by atomic mass is 35.5. The van der Waals surface area contributed by atoms with E-state index in [9.17, 15) is 4.79 Å². The second-order valence-corrected chi connectivity index (χ2v) is 16.5. The number of nitrogens with zero attached hydrogens (tertiary/aromatic N) is 2. The van der Waals surface area contributed by atoms with E-state index in [-0.39, 0.29) is 11.1 Å². The van der Waals surface area contributed by atoms with Crippen molar-refractivity contribution in [2.75, 3.05) is 6.61 Å². The third kappa shape index (κ3) is 6.39. The van der Waals surface area contributed by atoms with Crippen LogP contribution in [-0.2, 0) is 15.6 Å². The molecule has 9 heteroatoms. The number of ether oxygens (including phenoxy) is 1. The van der Waals surface area contributed by atoms with Gasteiger partial charge in [0.25, 0.3) is 0 Å². The standard InChI is InChI=1S/C21H34ClN3O3SSi/c1-13-16(29-18-15(22)11-23-25-17(13)18)10-14(24-19(26)28-20(2,3)4)12-27-30(8,9)21(5,6)7/h11,14H,10,12H2,1-9H3,(H,24,26)/t14-/m1/s1. The molecule has 0 bridgehead atoms. The minimum absolute atomic E-state index is 0.0834. The van der Waals surface area contributed by atoms with Crippen molar-refractivity contribution in [2.24, 2.45) is 0 Å².